The lowest BCUT2D eigenvalue weighted by atomic mass is 10.1. The summed E-state index contributed by atoms with van der Waals surface area (Å²) in [6, 6.07) is 7.46. The number of benzene rings is 1. The fraction of sp³-hybridized carbons (Fsp3) is 0.533. The summed E-state index contributed by atoms with van der Waals surface area (Å²) in [5.41, 5.74) is 6.94. The molecule has 1 aromatic rings. The molecule has 1 amide bonds. The van der Waals surface area contributed by atoms with Crippen molar-refractivity contribution < 1.29 is 4.79 Å². The third kappa shape index (κ3) is 4.50. The summed E-state index contributed by atoms with van der Waals surface area (Å²) in [6.07, 6.45) is 1.69. The van der Waals surface area contributed by atoms with Crippen LogP contribution in [-0.4, -0.2) is 43.0 Å². The SMILES string of the molecule is CCCC(N)C(=O)N1CCN(c2ccccc2Cl)CC1.Cl. The second kappa shape index (κ2) is 8.47. The number of anilines is 1. The van der Waals surface area contributed by atoms with Crippen LogP contribution in [0.3, 0.4) is 0 Å². The minimum Gasteiger partial charge on any atom is -0.367 e. The van der Waals surface area contributed by atoms with E-state index < -0.39 is 0 Å². The van der Waals surface area contributed by atoms with E-state index in [0.29, 0.717) is 13.1 Å². The minimum absolute atomic E-state index is 0. The summed E-state index contributed by atoms with van der Waals surface area (Å²) >= 11 is 6.21. The first-order valence-corrected chi connectivity index (χ1v) is 7.55. The number of para-hydroxylation sites is 1. The zero-order valence-corrected chi connectivity index (χ0v) is 13.9. The van der Waals surface area contributed by atoms with Gasteiger partial charge in [0.15, 0.2) is 0 Å². The van der Waals surface area contributed by atoms with E-state index in [1.54, 1.807) is 0 Å². The predicted octanol–water partition coefficient (Wildman–Crippen LogP) is 2.54. The minimum atomic E-state index is -0.355. The summed E-state index contributed by atoms with van der Waals surface area (Å²) in [5.74, 6) is 0.0747. The molecule has 1 aromatic carbocycles. The van der Waals surface area contributed by atoms with Gasteiger partial charge in [0.25, 0.3) is 0 Å². The van der Waals surface area contributed by atoms with E-state index in [1.165, 1.54) is 0 Å². The van der Waals surface area contributed by atoms with Gasteiger partial charge in [-0.25, -0.2) is 0 Å². The van der Waals surface area contributed by atoms with Gasteiger partial charge in [-0.3, -0.25) is 4.79 Å². The number of nitrogens with zero attached hydrogens (tertiary/aromatic N) is 2. The largest absolute Gasteiger partial charge is 0.367 e. The topological polar surface area (TPSA) is 49.6 Å². The predicted molar refractivity (Wildman–Crippen MR) is 90.4 cm³/mol. The third-order valence-corrected chi connectivity index (χ3v) is 4.02. The maximum absolute atomic E-state index is 12.2. The normalized spacial score (nSPS) is 16.3. The molecule has 0 aromatic heterocycles. The number of rotatable bonds is 4. The van der Waals surface area contributed by atoms with E-state index in [2.05, 4.69) is 4.90 Å². The highest BCUT2D eigenvalue weighted by molar-refractivity contribution is 6.33. The van der Waals surface area contributed by atoms with Crippen molar-refractivity contribution in [3.63, 3.8) is 0 Å². The molecule has 0 bridgehead atoms. The number of halogens is 2. The average Bonchev–Trinajstić information content (AvgIpc) is 2.47. The van der Waals surface area contributed by atoms with Crippen LogP contribution in [0.1, 0.15) is 19.8 Å². The molecule has 0 radical (unpaired) electrons. The van der Waals surface area contributed by atoms with Crippen LogP contribution < -0.4 is 10.6 Å². The van der Waals surface area contributed by atoms with Crippen molar-refractivity contribution in [2.75, 3.05) is 31.1 Å². The Morgan fingerprint density at radius 2 is 1.90 bits per heavy atom. The quantitative estimate of drug-likeness (QED) is 0.922. The number of hydrogen-bond acceptors (Lipinski definition) is 3. The average molecular weight is 332 g/mol. The Hall–Kier alpha value is -0.970. The molecule has 4 nitrogen and oxygen atoms in total. The highest BCUT2D eigenvalue weighted by atomic mass is 35.5. The fourth-order valence-corrected chi connectivity index (χ4v) is 2.80. The lowest BCUT2D eigenvalue weighted by molar-refractivity contribution is -0.133. The molecule has 6 heteroatoms. The zero-order valence-electron chi connectivity index (χ0n) is 12.3. The Balaban J connectivity index is 0.00000220. The first-order chi connectivity index (χ1) is 9.63. The van der Waals surface area contributed by atoms with E-state index in [1.807, 2.05) is 36.1 Å². The van der Waals surface area contributed by atoms with Gasteiger partial charge >= 0.3 is 0 Å². The second-order valence-corrected chi connectivity index (χ2v) is 5.57. The summed E-state index contributed by atoms with van der Waals surface area (Å²) < 4.78 is 0. The van der Waals surface area contributed by atoms with Gasteiger partial charge in [-0.05, 0) is 18.6 Å². The molecule has 1 atom stereocenters. The molecule has 0 spiro atoms. The van der Waals surface area contributed by atoms with Gasteiger partial charge in [-0.1, -0.05) is 37.1 Å². The molecule has 1 aliphatic heterocycles. The standard InChI is InChI=1S/C15H22ClN3O.ClH/c1-2-5-13(17)15(20)19-10-8-18(9-11-19)14-7-4-3-6-12(14)16;/h3-4,6-7,13H,2,5,8-11,17H2,1H3;1H. The molecule has 1 unspecified atom stereocenters. The van der Waals surface area contributed by atoms with E-state index in [-0.39, 0.29) is 24.4 Å². The van der Waals surface area contributed by atoms with Crippen LogP contribution in [0.25, 0.3) is 0 Å². The van der Waals surface area contributed by atoms with E-state index in [9.17, 15) is 4.79 Å². The number of carbonyl (C=O) groups is 1. The monoisotopic (exact) mass is 331 g/mol. The Bertz CT molecular complexity index is 462. The van der Waals surface area contributed by atoms with Gasteiger partial charge in [0.2, 0.25) is 5.91 Å². The third-order valence-electron chi connectivity index (χ3n) is 3.70. The fourth-order valence-electron chi connectivity index (χ4n) is 2.54. The van der Waals surface area contributed by atoms with Crippen molar-refractivity contribution in [2.24, 2.45) is 5.73 Å². The molecule has 1 fully saturated rings. The van der Waals surface area contributed by atoms with Crippen molar-refractivity contribution in [1.29, 1.82) is 0 Å². The highest BCUT2D eigenvalue weighted by Gasteiger charge is 2.25. The van der Waals surface area contributed by atoms with Gasteiger partial charge in [-0.15, -0.1) is 12.4 Å². The van der Waals surface area contributed by atoms with Crippen LogP contribution in [0, 0.1) is 0 Å². The van der Waals surface area contributed by atoms with Crippen LogP contribution in [0.5, 0.6) is 0 Å². The zero-order chi connectivity index (χ0) is 14.5. The molecule has 0 saturated carbocycles. The molecular weight excluding hydrogens is 309 g/mol. The molecule has 0 aliphatic carbocycles. The van der Waals surface area contributed by atoms with Gasteiger partial charge in [0, 0.05) is 26.2 Å². The van der Waals surface area contributed by atoms with Crippen LogP contribution in [0.15, 0.2) is 24.3 Å². The maximum atomic E-state index is 12.2. The number of nitrogens with two attached hydrogens (primary N) is 1. The van der Waals surface area contributed by atoms with Crippen molar-refractivity contribution in [3.8, 4) is 0 Å². The first kappa shape index (κ1) is 18.1. The number of amides is 1. The highest BCUT2D eigenvalue weighted by Crippen LogP contribution is 2.26. The Morgan fingerprint density at radius 3 is 2.48 bits per heavy atom. The summed E-state index contributed by atoms with van der Waals surface area (Å²) in [4.78, 5) is 16.2. The Kier molecular flexibility index (Phi) is 7.29. The Morgan fingerprint density at radius 1 is 1.29 bits per heavy atom. The molecule has 2 N–H and O–H groups in total. The van der Waals surface area contributed by atoms with Gasteiger partial charge in [0.1, 0.15) is 0 Å². The molecule has 1 heterocycles. The molecular formula is C15H23Cl2N3O. The van der Waals surface area contributed by atoms with Gasteiger partial charge < -0.3 is 15.5 Å². The van der Waals surface area contributed by atoms with Crippen molar-refractivity contribution >= 4 is 35.6 Å². The van der Waals surface area contributed by atoms with Crippen LogP contribution >= 0.6 is 24.0 Å². The number of piperazine rings is 1. The Labute approximate surface area is 137 Å². The molecule has 2 rings (SSSR count). The van der Waals surface area contributed by atoms with Crippen LogP contribution in [0.4, 0.5) is 5.69 Å². The summed E-state index contributed by atoms with van der Waals surface area (Å²) in [5, 5.41) is 0.759. The maximum Gasteiger partial charge on any atom is 0.239 e. The summed E-state index contributed by atoms with van der Waals surface area (Å²) in [6.45, 7) is 5.06. The number of carbonyl (C=O) groups excluding carboxylic acids is 1. The lowest BCUT2D eigenvalue weighted by Gasteiger charge is -2.37. The van der Waals surface area contributed by atoms with E-state index in [4.69, 9.17) is 17.3 Å². The first-order valence-electron chi connectivity index (χ1n) is 7.17. The van der Waals surface area contributed by atoms with Crippen molar-refractivity contribution in [2.45, 2.75) is 25.8 Å². The van der Waals surface area contributed by atoms with Gasteiger partial charge in [-0.2, -0.15) is 0 Å². The van der Waals surface area contributed by atoms with Crippen molar-refractivity contribution in [3.05, 3.63) is 29.3 Å². The van der Waals surface area contributed by atoms with Crippen molar-refractivity contribution in [1.82, 2.24) is 4.90 Å². The van der Waals surface area contributed by atoms with E-state index in [0.717, 1.165) is 36.6 Å². The summed E-state index contributed by atoms with van der Waals surface area (Å²) in [7, 11) is 0. The molecule has 118 valence electrons. The molecule has 21 heavy (non-hydrogen) atoms. The lowest BCUT2D eigenvalue weighted by Crippen LogP contribution is -2.53. The number of hydrogen-bond donors (Lipinski definition) is 1. The smallest absolute Gasteiger partial charge is 0.239 e. The molecule has 1 aliphatic rings. The van der Waals surface area contributed by atoms with Crippen LogP contribution in [0.2, 0.25) is 5.02 Å². The van der Waals surface area contributed by atoms with Gasteiger partial charge in [0.05, 0.1) is 16.8 Å². The van der Waals surface area contributed by atoms with E-state index >= 15 is 0 Å². The van der Waals surface area contributed by atoms with Crippen LogP contribution in [-0.2, 0) is 4.79 Å². The second-order valence-electron chi connectivity index (χ2n) is 5.16. The molecule has 1 saturated heterocycles.